The summed E-state index contributed by atoms with van der Waals surface area (Å²) in [7, 11) is 0. The average molecular weight is 325 g/mol. The van der Waals surface area contributed by atoms with E-state index >= 15 is 0 Å². The normalized spacial score (nSPS) is 11.6. The molecular formula is C22H15NO2. The van der Waals surface area contributed by atoms with E-state index in [-0.39, 0.29) is 5.78 Å². The first-order valence-corrected chi connectivity index (χ1v) is 8.04. The zero-order chi connectivity index (χ0) is 17.1. The molecule has 4 rings (SSSR count). The molecule has 3 aromatic carbocycles. The first-order valence-electron chi connectivity index (χ1n) is 8.04. The minimum absolute atomic E-state index is 0.107. The number of ketones is 1. The lowest BCUT2D eigenvalue weighted by molar-refractivity contribution is 0.103. The van der Waals surface area contributed by atoms with E-state index in [2.05, 4.69) is 4.99 Å². The summed E-state index contributed by atoms with van der Waals surface area (Å²) in [5.41, 5.74) is 2.82. The molecule has 0 aliphatic carbocycles. The van der Waals surface area contributed by atoms with Crippen molar-refractivity contribution in [1.82, 2.24) is 0 Å². The molecule has 1 aromatic heterocycles. The zero-order valence-electron chi connectivity index (χ0n) is 13.4. The van der Waals surface area contributed by atoms with Crippen molar-refractivity contribution >= 4 is 22.4 Å². The summed E-state index contributed by atoms with van der Waals surface area (Å²) in [5.74, 6) is -0.107. The highest BCUT2D eigenvalue weighted by Crippen LogP contribution is 2.17. The zero-order valence-corrected chi connectivity index (χ0v) is 13.4. The van der Waals surface area contributed by atoms with E-state index in [1.54, 1.807) is 12.1 Å². The summed E-state index contributed by atoms with van der Waals surface area (Å²) in [6.07, 6.45) is 0. The number of nitrogens with zero attached hydrogens (tertiary/aromatic N) is 1. The number of fused-ring (bicyclic) bond motifs is 1. The van der Waals surface area contributed by atoms with Gasteiger partial charge in [0.2, 0.25) is 5.55 Å². The van der Waals surface area contributed by atoms with Gasteiger partial charge < -0.3 is 4.42 Å². The molecule has 0 bridgehead atoms. The van der Waals surface area contributed by atoms with Gasteiger partial charge >= 0.3 is 0 Å². The Balaban J connectivity index is 1.97. The third-order valence-electron chi connectivity index (χ3n) is 3.92. The third-order valence-corrected chi connectivity index (χ3v) is 3.92. The fourth-order valence-electron chi connectivity index (χ4n) is 2.68. The van der Waals surface area contributed by atoms with E-state index in [0.29, 0.717) is 22.3 Å². The van der Waals surface area contributed by atoms with Crippen molar-refractivity contribution in [3.63, 3.8) is 0 Å². The second-order valence-corrected chi connectivity index (χ2v) is 5.65. The van der Waals surface area contributed by atoms with Crippen LogP contribution in [0.2, 0.25) is 0 Å². The van der Waals surface area contributed by atoms with Gasteiger partial charge in [-0.1, -0.05) is 66.7 Å². The number of carbonyl (C=O) groups is 1. The molecule has 4 aromatic rings. The van der Waals surface area contributed by atoms with E-state index in [1.165, 1.54) is 0 Å². The predicted octanol–water partition coefficient (Wildman–Crippen LogP) is 4.90. The first-order chi connectivity index (χ1) is 12.3. The van der Waals surface area contributed by atoms with Gasteiger partial charge in [-0.25, -0.2) is 4.99 Å². The van der Waals surface area contributed by atoms with Gasteiger partial charge in [-0.05, 0) is 24.3 Å². The van der Waals surface area contributed by atoms with Gasteiger partial charge in [-0.2, -0.15) is 0 Å². The lowest BCUT2D eigenvalue weighted by Gasteiger charge is -2.04. The van der Waals surface area contributed by atoms with Crippen molar-refractivity contribution in [3.8, 4) is 0 Å². The van der Waals surface area contributed by atoms with Crippen molar-refractivity contribution in [2.24, 2.45) is 4.99 Å². The summed E-state index contributed by atoms with van der Waals surface area (Å²) in [6.45, 7) is 0. The van der Waals surface area contributed by atoms with Gasteiger partial charge in [0.1, 0.15) is 5.58 Å². The molecule has 0 fully saturated rings. The molecule has 0 saturated heterocycles. The number of hydrogen-bond acceptors (Lipinski definition) is 3. The van der Waals surface area contributed by atoms with Gasteiger partial charge in [0.05, 0.1) is 11.3 Å². The van der Waals surface area contributed by atoms with Crippen molar-refractivity contribution in [1.29, 1.82) is 0 Å². The summed E-state index contributed by atoms with van der Waals surface area (Å²) in [5, 5.41) is 0.869. The fraction of sp³-hybridized carbons (Fsp3) is 0. The Morgan fingerprint density at radius 1 is 0.760 bits per heavy atom. The molecule has 3 nitrogen and oxygen atoms in total. The summed E-state index contributed by atoms with van der Waals surface area (Å²) in [6, 6.07) is 28.1. The van der Waals surface area contributed by atoms with Gasteiger partial charge in [-0.3, -0.25) is 4.79 Å². The Labute approximate surface area is 144 Å². The smallest absolute Gasteiger partial charge is 0.231 e. The van der Waals surface area contributed by atoms with Crippen molar-refractivity contribution in [2.75, 3.05) is 0 Å². The number of rotatable bonds is 3. The number of para-hydroxylation sites is 2. The quantitative estimate of drug-likeness (QED) is 0.503. The van der Waals surface area contributed by atoms with E-state index in [0.717, 1.165) is 11.1 Å². The van der Waals surface area contributed by atoms with Crippen molar-refractivity contribution < 1.29 is 9.21 Å². The lowest BCUT2D eigenvalue weighted by Crippen LogP contribution is -2.16. The maximum Gasteiger partial charge on any atom is 0.231 e. The minimum atomic E-state index is -0.107. The molecule has 0 saturated carbocycles. The van der Waals surface area contributed by atoms with Gasteiger partial charge in [0, 0.05) is 10.9 Å². The van der Waals surface area contributed by atoms with Crippen LogP contribution in [0.1, 0.15) is 15.9 Å². The molecule has 0 unspecified atom stereocenters. The molecule has 25 heavy (non-hydrogen) atoms. The highest BCUT2D eigenvalue weighted by atomic mass is 16.3. The van der Waals surface area contributed by atoms with Crippen LogP contribution in [0.3, 0.4) is 0 Å². The topological polar surface area (TPSA) is 42.6 Å². The Hall–Kier alpha value is -3.46. The molecule has 3 heteroatoms. The number of carbonyl (C=O) groups excluding carboxylic acids is 1. The van der Waals surface area contributed by atoms with E-state index in [4.69, 9.17) is 4.42 Å². The number of hydrogen-bond donors (Lipinski definition) is 0. The molecule has 0 atom stereocenters. The molecule has 0 spiro atoms. The third kappa shape index (κ3) is 3.12. The molecular weight excluding hydrogens is 310 g/mol. The van der Waals surface area contributed by atoms with E-state index in [9.17, 15) is 4.79 Å². The van der Waals surface area contributed by atoms with Crippen LogP contribution in [0.25, 0.3) is 11.0 Å². The van der Waals surface area contributed by atoms with Crippen LogP contribution in [0.5, 0.6) is 0 Å². The lowest BCUT2D eigenvalue weighted by atomic mass is 10.0. The molecule has 120 valence electrons. The monoisotopic (exact) mass is 325 g/mol. The van der Waals surface area contributed by atoms with Crippen molar-refractivity contribution in [3.05, 3.63) is 108 Å². The second kappa shape index (κ2) is 6.57. The first kappa shape index (κ1) is 15.1. The number of benzene rings is 3. The van der Waals surface area contributed by atoms with Gasteiger partial charge in [0.15, 0.2) is 5.78 Å². The minimum Gasteiger partial charge on any atom is -0.438 e. The Kier molecular flexibility index (Phi) is 3.97. The van der Waals surface area contributed by atoms with Crippen LogP contribution in [-0.4, -0.2) is 5.78 Å². The largest absolute Gasteiger partial charge is 0.438 e. The average Bonchev–Trinajstić information content (AvgIpc) is 2.68. The Bertz CT molecular complexity index is 1100. The molecule has 0 radical (unpaired) electrons. The maximum absolute atomic E-state index is 13.0. The highest BCUT2D eigenvalue weighted by Gasteiger charge is 2.14. The molecule has 0 N–H and O–H groups in total. The molecule has 0 amide bonds. The highest BCUT2D eigenvalue weighted by molar-refractivity contribution is 6.09. The van der Waals surface area contributed by atoms with Crippen LogP contribution in [0, 0.1) is 0 Å². The Morgan fingerprint density at radius 3 is 2.16 bits per heavy atom. The van der Waals surface area contributed by atoms with Crippen LogP contribution in [0.4, 0.5) is 5.69 Å². The van der Waals surface area contributed by atoms with E-state index in [1.807, 2.05) is 78.9 Å². The van der Waals surface area contributed by atoms with Crippen LogP contribution in [0.15, 0.2) is 100 Å². The second-order valence-electron chi connectivity index (χ2n) is 5.65. The molecule has 0 aliphatic heterocycles. The van der Waals surface area contributed by atoms with Gasteiger partial charge in [-0.15, -0.1) is 0 Å². The van der Waals surface area contributed by atoms with Crippen LogP contribution < -0.4 is 5.55 Å². The van der Waals surface area contributed by atoms with Crippen LogP contribution in [-0.2, 0) is 0 Å². The predicted molar refractivity (Wildman–Crippen MR) is 97.8 cm³/mol. The fourth-order valence-corrected chi connectivity index (χ4v) is 2.68. The standard InChI is InChI=1S/C22H15NO2/c24-21(16-9-3-1-4-10-16)19-15-17-11-7-8-14-20(17)25-22(19)23-18-12-5-2-6-13-18/h1-15H. The molecule has 1 heterocycles. The summed E-state index contributed by atoms with van der Waals surface area (Å²) < 4.78 is 5.95. The van der Waals surface area contributed by atoms with Crippen LogP contribution >= 0.6 is 0 Å². The van der Waals surface area contributed by atoms with E-state index < -0.39 is 0 Å². The van der Waals surface area contributed by atoms with Crippen molar-refractivity contribution in [2.45, 2.75) is 0 Å². The summed E-state index contributed by atoms with van der Waals surface area (Å²) in [4.78, 5) is 17.5. The summed E-state index contributed by atoms with van der Waals surface area (Å²) >= 11 is 0. The SMILES string of the molecule is O=C(c1ccccc1)c1cc2ccccc2oc1=Nc1ccccc1. The molecule has 0 aliphatic rings. The Morgan fingerprint density at radius 2 is 1.40 bits per heavy atom. The van der Waals surface area contributed by atoms with Gasteiger partial charge in [0.25, 0.3) is 0 Å². The maximum atomic E-state index is 13.0.